The first-order valence-electron chi connectivity index (χ1n) is 8.38. The van der Waals surface area contributed by atoms with Gasteiger partial charge < -0.3 is 29.9 Å². The van der Waals surface area contributed by atoms with Crippen molar-refractivity contribution >= 4 is 18.0 Å². The van der Waals surface area contributed by atoms with Crippen molar-refractivity contribution in [2.75, 3.05) is 6.61 Å². The maximum atomic E-state index is 12.1. The Morgan fingerprint density at radius 2 is 1.61 bits per heavy atom. The molecule has 2 rings (SSSR count). The van der Waals surface area contributed by atoms with E-state index in [0.717, 1.165) is 6.08 Å². The van der Waals surface area contributed by atoms with E-state index in [1.54, 1.807) is 6.92 Å². The van der Waals surface area contributed by atoms with Gasteiger partial charge in [-0.1, -0.05) is 12.1 Å². The van der Waals surface area contributed by atoms with Gasteiger partial charge in [0, 0.05) is 12.5 Å². The van der Waals surface area contributed by atoms with Crippen molar-refractivity contribution in [3.8, 4) is 23.0 Å². The Morgan fingerprint density at radius 3 is 2.21 bits per heavy atom. The van der Waals surface area contributed by atoms with E-state index < -0.39 is 18.0 Å². The van der Waals surface area contributed by atoms with Crippen LogP contribution in [0.3, 0.4) is 0 Å². The summed E-state index contributed by atoms with van der Waals surface area (Å²) in [6.45, 7) is 1.71. The second kappa shape index (κ2) is 9.31. The van der Waals surface area contributed by atoms with Gasteiger partial charge in [-0.15, -0.1) is 0 Å². The Kier molecular flexibility index (Phi) is 6.86. The number of benzene rings is 2. The van der Waals surface area contributed by atoms with Crippen molar-refractivity contribution in [1.82, 2.24) is 0 Å². The summed E-state index contributed by atoms with van der Waals surface area (Å²) in [4.78, 5) is 24.2. The molecule has 0 heterocycles. The first kappa shape index (κ1) is 20.6. The normalized spacial score (nSPS) is 11.9. The Bertz CT molecular complexity index is 888. The van der Waals surface area contributed by atoms with Crippen LogP contribution in [-0.4, -0.2) is 45.1 Å². The molecule has 0 saturated carbocycles. The zero-order valence-electron chi connectivity index (χ0n) is 15.0. The van der Waals surface area contributed by atoms with E-state index in [0.29, 0.717) is 11.1 Å². The summed E-state index contributed by atoms with van der Waals surface area (Å²) in [5, 5.41) is 37.7. The molecule has 148 valence electrons. The average molecular weight is 388 g/mol. The van der Waals surface area contributed by atoms with Crippen LogP contribution in [0.1, 0.15) is 18.1 Å². The molecular weight excluding hydrogens is 368 g/mol. The third-order valence-electron chi connectivity index (χ3n) is 3.68. The van der Waals surface area contributed by atoms with E-state index in [-0.39, 0.29) is 36.0 Å². The summed E-state index contributed by atoms with van der Waals surface area (Å²) in [6, 6.07) is 7.97. The van der Waals surface area contributed by atoms with E-state index in [4.69, 9.17) is 9.47 Å². The van der Waals surface area contributed by atoms with Gasteiger partial charge in [0.15, 0.2) is 23.0 Å². The molecule has 0 amide bonds. The van der Waals surface area contributed by atoms with Crippen molar-refractivity contribution in [3.05, 3.63) is 53.6 Å². The summed E-state index contributed by atoms with van der Waals surface area (Å²) in [5.41, 5.74) is 0.886. The van der Waals surface area contributed by atoms with Gasteiger partial charge in [-0.05, 0) is 48.4 Å². The molecule has 0 spiro atoms. The van der Waals surface area contributed by atoms with Crippen LogP contribution in [0.25, 0.3) is 6.08 Å². The number of aromatic hydroxyl groups is 4. The molecule has 0 aliphatic carbocycles. The number of rotatable bonds is 7. The highest BCUT2D eigenvalue weighted by atomic mass is 16.6. The first-order chi connectivity index (χ1) is 13.3. The molecule has 0 radical (unpaired) electrons. The predicted molar refractivity (Wildman–Crippen MR) is 98.8 cm³/mol. The molecular formula is C20H20O8. The molecule has 2 aromatic carbocycles. The van der Waals surface area contributed by atoms with Gasteiger partial charge in [-0.25, -0.2) is 9.59 Å². The zero-order valence-corrected chi connectivity index (χ0v) is 15.0. The minimum Gasteiger partial charge on any atom is -0.504 e. The highest BCUT2D eigenvalue weighted by molar-refractivity contribution is 5.89. The fourth-order valence-corrected chi connectivity index (χ4v) is 2.31. The minimum absolute atomic E-state index is 0.0632. The van der Waals surface area contributed by atoms with Crippen LogP contribution in [0.4, 0.5) is 0 Å². The van der Waals surface area contributed by atoms with Crippen LogP contribution < -0.4 is 0 Å². The number of carbonyl (C=O) groups excluding carboxylic acids is 2. The second-order valence-electron chi connectivity index (χ2n) is 5.79. The van der Waals surface area contributed by atoms with Gasteiger partial charge in [-0.3, -0.25) is 0 Å². The topological polar surface area (TPSA) is 134 Å². The number of ether oxygens (including phenoxy) is 2. The first-order valence-corrected chi connectivity index (χ1v) is 8.38. The SMILES string of the molecule is CCOC(=O)[C@@H](Cc1ccc(O)c(O)c1)OC(=O)C=Cc1ccc(O)c(O)c1. The lowest BCUT2D eigenvalue weighted by atomic mass is 10.1. The zero-order chi connectivity index (χ0) is 20.7. The monoisotopic (exact) mass is 388 g/mol. The maximum Gasteiger partial charge on any atom is 0.347 e. The lowest BCUT2D eigenvalue weighted by molar-refractivity contribution is -0.164. The lowest BCUT2D eigenvalue weighted by Gasteiger charge is -2.16. The molecule has 0 aromatic heterocycles. The van der Waals surface area contributed by atoms with Gasteiger partial charge in [-0.2, -0.15) is 0 Å². The fourth-order valence-electron chi connectivity index (χ4n) is 2.31. The number of hydrogen-bond acceptors (Lipinski definition) is 8. The molecule has 0 saturated heterocycles. The van der Waals surface area contributed by atoms with Crippen LogP contribution in [0.15, 0.2) is 42.5 Å². The van der Waals surface area contributed by atoms with Crippen LogP contribution in [-0.2, 0) is 25.5 Å². The lowest BCUT2D eigenvalue weighted by Crippen LogP contribution is -2.30. The van der Waals surface area contributed by atoms with E-state index in [2.05, 4.69) is 0 Å². The summed E-state index contributed by atoms with van der Waals surface area (Å²) in [7, 11) is 0. The van der Waals surface area contributed by atoms with Gasteiger partial charge in [0.2, 0.25) is 6.10 Å². The second-order valence-corrected chi connectivity index (χ2v) is 5.79. The molecule has 0 aliphatic rings. The molecule has 0 bridgehead atoms. The molecule has 8 nitrogen and oxygen atoms in total. The van der Waals surface area contributed by atoms with E-state index >= 15 is 0 Å². The average Bonchev–Trinajstić information content (AvgIpc) is 2.65. The van der Waals surface area contributed by atoms with Crippen molar-refractivity contribution in [1.29, 1.82) is 0 Å². The van der Waals surface area contributed by atoms with Crippen molar-refractivity contribution < 1.29 is 39.5 Å². The molecule has 8 heteroatoms. The van der Waals surface area contributed by atoms with Crippen LogP contribution in [0.5, 0.6) is 23.0 Å². The van der Waals surface area contributed by atoms with Gasteiger partial charge in [0.25, 0.3) is 0 Å². The van der Waals surface area contributed by atoms with E-state index in [1.807, 2.05) is 0 Å². The molecule has 0 fully saturated rings. The Morgan fingerprint density at radius 1 is 0.964 bits per heavy atom. The maximum absolute atomic E-state index is 12.1. The molecule has 1 atom stereocenters. The fraction of sp³-hybridized carbons (Fsp3) is 0.200. The van der Waals surface area contributed by atoms with Crippen molar-refractivity contribution in [3.63, 3.8) is 0 Å². The molecule has 0 aliphatic heterocycles. The Balaban J connectivity index is 2.11. The van der Waals surface area contributed by atoms with E-state index in [1.165, 1.54) is 42.5 Å². The Hall–Kier alpha value is -3.68. The number of esters is 2. The number of phenolic OH excluding ortho intramolecular Hbond substituents is 4. The molecule has 0 unspecified atom stereocenters. The third-order valence-corrected chi connectivity index (χ3v) is 3.68. The molecule has 28 heavy (non-hydrogen) atoms. The van der Waals surface area contributed by atoms with Crippen LogP contribution in [0.2, 0.25) is 0 Å². The predicted octanol–water partition coefficient (Wildman–Crippen LogP) is 2.24. The van der Waals surface area contributed by atoms with Crippen molar-refractivity contribution in [2.24, 2.45) is 0 Å². The molecule has 4 N–H and O–H groups in total. The highest BCUT2D eigenvalue weighted by Gasteiger charge is 2.24. The van der Waals surface area contributed by atoms with Gasteiger partial charge in [0.1, 0.15) is 0 Å². The van der Waals surface area contributed by atoms with Crippen molar-refractivity contribution in [2.45, 2.75) is 19.4 Å². The summed E-state index contributed by atoms with van der Waals surface area (Å²) >= 11 is 0. The number of carbonyl (C=O) groups is 2. The summed E-state index contributed by atoms with van der Waals surface area (Å²) in [5.74, 6) is -2.88. The van der Waals surface area contributed by atoms with Gasteiger partial charge >= 0.3 is 11.9 Å². The van der Waals surface area contributed by atoms with E-state index in [9.17, 15) is 30.0 Å². The van der Waals surface area contributed by atoms with Gasteiger partial charge in [0.05, 0.1) is 6.61 Å². The Labute approximate surface area is 160 Å². The minimum atomic E-state index is -1.26. The third kappa shape index (κ3) is 5.66. The standard InChI is InChI=1S/C20H20O8/c1-2-27-20(26)18(11-13-4-7-15(22)17(24)10-13)28-19(25)8-5-12-3-6-14(21)16(23)9-12/h3-10,18,21-24H,2,11H2,1H3/t18-/m1/s1. The highest BCUT2D eigenvalue weighted by Crippen LogP contribution is 2.26. The number of hydrogen-bond donors (Lipinski definition) is 4. The largest absolute Gasteiger partial charge is 0.504 e. The summed E-state index contributed by atoms with van der Waals surface area (Å²) in [6.07, 6.45) is 1.09. The smallest absolute Gasteiger partial charge is 0.347 e. The quantitative estimate of drug-likeness (QED) is 0.322. The van der Waals surface area contributed by atoms with Crippen LogP contribution in [0, 0.1) is 0 Å². The number of phenols is 4. The van der Waals surface area contributed by atoms with Crippen LogP contribution >= 0.6 is 0 Å². The molecule has 2 aromatic rings. The summed E-state index contributed by atoms with van der Waals surface area (Å²) < 4.78 is 10.1.